The van der Waals surface area contributed by atoms with E-state index in [1.165, 1.54) is 66.1 Å². The summed E-state index contributed by atoms with van der Waals surface area (Å²) in [6.07, 6.45) is 5.27. The number of benzene rings is 8. The van der Waals surface area contributed by atoms with Gasteiger partial charge >= 0.3 is 5.97 Å². The molecule has 0 saturated carbocycles. The summed E-state index contributed by atoms with van der Waals surface area (Å²) in [4.78, 5) is 23.2. The Hall–Kier alpha value is -7.51. The number of pyridine rings is 3. The average molecular weight is 950 g/mol. The van der Waals surface area contributed by atoms with E-state index in [9.17, 15) is 4.79 Å². The molecule has 8 aromatic carbocycles. The molecule has 0 fully saturated rings. The van der Waals surface area contributed by atoms with Crippen LogP contribution in [0.5, 0.6) is 0 Å². The summed E-state index contributed by atoms with van der Waals surface area (Å²) in [5, 5.41) is 30.0. The van der Waals surface area contributed by atoms with Crippen LogP contribution in [0.25, 0.3) is 87.1 Å². The van der Waals surface area contributed by atoms with Crippen molar-refractivity contribution in [2.45, 2.75) is 0 Å². The van der Waals surface area contributed by atoms with Crippen molar-refractivity contribution in [1.82, 2.24) is 15.0 Å². The zero-order valence-electron chi connectivity index (χ0n) is 31.7. The summed E-state index contributed by atoms with van der Waals surface area (Å²) in [6.45, 7) is 0. The van der Waals surface area contributed by atoms with Gasteiger partial charge in [-0.3, -0.25) is 9.97 Å². The Kier molecular flexibility index (Phi) is 9.21. The number of anilines is 4. The van der Waals surface area contributed by atoms with Crippen molar-refractivity contribution in [3.05, 3.63) is 188 Å². The number of aromatic carboxylic acids is 1. The van der Waals surface area contributed by atoms with Gasteiger partial charge < -0.3 is 15.7 Å². The van der Waals surface area contributed by atoms with Crippen molar-refractivity contribution in [1.29, 1.82) is 0 Å². The van der Waals surface area contributed by atoms with E-state index in [2.05, 4.69) is 161 Å². The molecule has 7 nitrogen and oxygen atoms in total. The summed E-state index contributed by atoms with van der Waals surface area (Å²) in [5.74, 6) is -0.990. The van der Waals surface area contributed by atoms with Gasteiger partial charge in [-0.05, 0) is 90.9 Å². The summed E-state index contributed by atoms with van der Waals surface area (Å²) >= 11 is 0. The van der Waals surface area contributed by atoms with Crippen molar-refractivity contribution < 1.29 is 30.0 Å². The zero-order valence-corrected chi connectivity index (χ0v) is 34.1. The number of carboxylic acids is 1. The third kappa shape index (κ3) is 6.27. The normalized spacial score (nSPS) is 11.6. The molecule has 1 radical (unpaired) electrons. The number of aromatic nitrogens is 3. The van der Waals surface area contributed by atoms with Crippen molar-refractivity contribution in [2.75, 3.05) is 10.6 Å². The number of carbonyl (C=O) groups is 1. The molecule has 8 heteroatoms. The maximum atomic E-state index is 10.1. The minimum Gasteiger partial charge on any atom is -0.477 e. The predicted molar refractivity (Wildman–Crippen MR) is 240 cm³/mol. The number of fused-ring (bicyclic) bond motifs is 10. The number of nitrogens with one attached hydrogen (secondary N) is 2. The van der Waals surface area contributed by atoms with Crippen LogP contribution in [0.15, 0.2) is 170 Å². The molecule has 0 saturated heterocycles. The molecule has 3 aromatic heterocycles. The topological polar surface area (TPSA) is 100 Å². The molecule has 0 atom stereocenters. The van der Waals surface area contributed by atoms with Gasteiger partial charge in [-0.1, -0.05) is 125 Å². The first-order valence-electron chi connectivity index (χ1n) is 19.3. The third-order valence-electron chi connectivity index (χ3n) is 11.0. The smallest absolute Gasteiger partial charge is 0.354 e. The second-order valence-corrected chi connectivity index (χ2v) is 14.5. The van der Waals surface area contributed by atoms with Crippen molar-refractivity contribution in [2.24, 2.45) is 0 Å². The molecule has 287 valence electrons. The molecule has 2 aliphatic rings. The summed E-state index contributed by atoms with van der Waals surface area (Å²) in [5.41, 5.74) is 8.58. The maximum Gasteiger partial charge on any atom is 0.354 e. The van der Waals surface area contributed by atoms with Gasteiger partial charge in [-0.15, -0.1) is 35.0 Å². The minimum atomic E-state index is -0.990. The largest absolute Gasteiger partial charge is 0.477 e. The Morgan fingerprint density at radius 3 is 1.33 bits per heavy atom. The summed E-state index contributed by atoms with van der Waals surface area (Å²) < 4.78 is 0. The van der Waals surface area contributed by atoms with E-state index in [0.29, 0.717) is 0 Å². The van der Waals surface area contributed by atoms with E-state index in [1.807, 2.05) is 12.4 Å². The molecule has 5 heterocycles. The van der Waals surface area contributed by atoms with E-state index in [0.717, 1.165) is 56.0 Å². The number of hydrogen-bond donors (Lipinski definition) is 3. The van der Waals surface area contributed by atoms with Crippen molar-refractivity contribution >= 4 is 93.4 Å². The molecule has 0 spiro atoms. The van der Waals surface area contributed by atoms with Gasteiger partial charge in [-0.25, -0.2) is 9.78 Å². The monoisotopic (exact) mass is 950 g/mol. The second-order valence-electron chi connectivity index (χ2n) is 14.5. The van der Waals surface area contributed by atoms with E-state index < -0.39 is 5.97 Å². The third-order valence-corrected chi connectivity index (χ3v) is 11.0. The molecule has 0 aliphatic carbocycles. The molecule has 2 aliphatic heterocycles. The van der Waals surface area contributed by atoms with Crippen molar-refractivity contribution in [3.8, 4) is 22.5 Å². The second kappa shape index (κ2) is 15.0. The van der Waals surface area contributed by atoms with Crippen LogP contribution < -0.4 is 10.6 Å². The van der Waals surface area contributed by atoms with Gasteiger partial charge in [0.05, 0.1) is 0 Å². The minimum absolute atomic E-state index is 0. The van der Waals surface area contributed by atoms with Gasteiger partial charge in [0.1, 0.15) is 5.69 Å². The predicted octanol–water partition coefficient (Wildman–Crippen LogP) is 12.9. The Balaban J connectivity index is 0.000000119. The van der Waals surface area contributed by atoms with Gasteiger partial charge in [0.15, 0.2) is 0 Å². The average Bonchev–Trinajstić information content (AvgIpc) is 3.29. The van der Waals surface area contributed by atoms with E-state index >= 15 is 0 Å². The number of carboxylic acid groups (broad SMARTS) is 1. The first-order chi connectivity index (χ1) is 29.1. The Morgan fingerprint density at radius 1 is 0.450 bits per heavy atom. The van der Waals surface area contributed by atoms with Crippen molar-refractivity contribution in [3.63, 3.8) is 0 Å². The molecule has 60 heavy (non-hydrogen) atoms. The van der Waals surface area contributed by atoms with Gasteiger partial charge in [0.2, 0.25) is 0 Å². The van der Waals surface area contributed by atoms with E-state index in [1.54, 1.807) is 12.1 Å². The molecule has 0 unspecified atom stereocenters. The Morgan fingerprint density at radius 2 is 0.883 bits per heavy atom. The fourth-order valence-electron chi connectivity index (χ4n) is 8.37. The fourth-order valence-corrected chi connectivity index (χ4v) is 8.37. The Bertz CT molecular complexity index is 3290. The van der Waals surface area contributed by atoms with Crippen LogP contribution >= 0.6 is 0 Å². The number of rotatable bonds is 1. The first-order valence-corrected chi connectivity index (χ1v) is 19.3. The standard InChI is InChI=1S/2C23H13N2.C6H5NO2.Ir/c2*1-2-6-15-12-20-19(11-14(15)5-1)23-22-18(9-10-24-23)17-8-4-3-7-16(17)13-21(22)25-20;8-6(9)5-3-1-2-4-7-5;/h2*1-10,12-13,25H;1-4H,(H,8,9);/q2*-1;;. The van der Waals surface area contributed by atoms with Gasteiger partial charge in [0.25, 0.3) is 0 Å². The molecule has 0 bridgehead atoms. The number of nitrogens with zero attached hydrogens (tertiary/aromatic N) is 3. The molecule has 3 N–H and O–H groups in total. The van der Waals surface area contributed by atoms with Crippen LogP contribution in [0.3, 0.4) is 0 Å². The van der Waals surface area contributed by atoms with Gasteiger partial charge in [-0.2, -0.15) is 0 Å². The SMILES string of the molecule is O=C(O)c1ccccn1.[Ir].[c-]1c2c(cc3ccccc13)Nc1cc3ccccc3c3ccnc-2c13.[c-]1c2c(cc3ccccc13)Nc1cc3ccccc3c3ccnc-2c13. The fraction of sp³-hybridized carbons (Fsp3) is 0. The molecular formula is C52H31IrN5O2-2. The van der Waals surface area contributed by atoms with E-state index in [4.69, 9.17) is 15.1 Å². The Labute approximate surface area is 357 Å². The number of hydrogen-bond acceptors (Lipinski definition) is 6. The molecule has 13 rings (SSSR count). The van der Waals surface area contributed by atoms with Gasteiger partial charge in [0, 0.05) is 61.5 Å². The van der Waals surface area contributed by atoms with Crippen LogP contribution in [0.2, 0.25) is 0 Å². The van der Waals surface area contributed by atoms with Crippen LogP contribution in [-0.2, 0) is 20.1 Å². The molecule has 11 aromatic rings. The quantitative estimate of drug-likeness (QED) is 0.111. The van der Waals surface area contributed by atoms with Crippen LogP contribution in [-0.4, -0.2) is 26.0 Å². The summed E-state index contributed by atoms with van der Waals surface area (Å²) in [6, 6.07) is 58.7. The van der Waals surface area contributed by atoms with Crippen LogP contribution in [0, 0.1) is 12.1 Å². The van der Waals surface area contributed by atoms with E-state index in [-0.39, 0.29) is 25.8 Å². The molecule has 0 amide bonds. The van der Waals surface area contributed by atoms with Crippen LogP contribution in [0.1, 0.15) is 10.5 Å². The molecular weight excluding hydrogens is 919 g/mol. The van der Waals surface area contributed by atoms with Crippen LogP contribution in [0.4, 0.5) is 22.7 Å². The maximum absolute atomic E-state index is 10.1. The zero-order chi connectivity index (χ0) is 39.5. The summed E-state index contributed by atoms with van der Waals surface area (Å²) in [7, 11) is 0. The first kappa shape index (κ1) is 36.8.